The molecule has 2 aromatic carbocycles. The Hall–Kier alpha value is -2.24. The number of aliphatic carboxylic acids is 1. The minimum atomic E-state index is -3.26. The number of benzene rings is 2. The average molecular weight is 599 g/mol. The fraction of sp³-hybridized carbons (Fsp3) is 0.385. The smallest absolute Gasteiger partial charge is 0.306 e. The van der Waals surface area contributed by atoms with E-state index in [1.54, 1.807) is 11.0 Å². The van der Waals surface area contributed by atoms with Gasteiger partial charge in [-0.15, -0.1) is 0 Å². The van der Waals surface area contributed by atoms with E-state index in [1.165, 1.54) is 28.4 Å². The first-order chi connectivity index (χ1) is 18.0. The summed E-state index contributed by atoms with van der Waals surface area (Å²) in [6.45, 7) is 2.61. The van der Waals surface area contributed by atoms with Crippen molar-refractivity contribution in [2.75, 3.05) is 50.4 Å². The number of piperidine rings is 1. The Morgan fingerprint density at radius 2 is 1.68 bits per heavy atom. The Balaban J connectivity index is 1.39. The molecular formula is C26H29Cl2N3O5S2. The van der Waals surface area contributed by atoms with Crippen LogP contribution in [0.1, 0.15) is 18.4 Å². The molecule has 204 valence electrons. The number of nitrogens with zero attached hydrogens (tertiary/aromatic N) is 3. The predicted octanol–water partition coefficient (Wildman–Crippen LogP) is 4.56. The van der Waals surface area contributed by atoms with Crippen LogP contribution in [0, 0.1) is 5.92 Å². The number of carboxylic acids is 1. The maximum absolute atomic E-state index is 12.6. The molecule has 1 amide bonds. The van der Waals surface area contributed by atoms with Gasteiger partial charge in [0.25, 0.3) is 0 Å². The van der Waals surface area contributed by atoms with Gasteiger partial charge in [-0.25, -0.2) is 8.42 Å². The van der Waals surface area contributed by atoms with Gasteiger partial charge in [-0.3, -0.25) is 9.59 Å². The highest BCUT2D eigenvalue weighted by Gasteiger charge is 2.26. The molecule has 0 saturated carbocycles. The van der Waals surface area contributed by atoms with Crippen molar-refractivity contribution in [2.24, 2.45) is 5.92 Å². The first kappa shape index (κ1) is 28.8. The largest absolute Gasteiger partial charge is 0.481 e. The van der Waals surface area contributed by atoms with Crippen molar-refractivity contribution in [3.8, 4) is 0 Å². The van der Waals surface area contributed by atoms with E-state index in [1.807, 2.05) is 30.3 Å². The molecule has 2 aliphatic heterocycles. The van der Waals surface area contributed by atoms with Crippen LogP contribution in [0.2, 0.25) is 10.0 Å². The molecule has 0 aromatic heterocycles. The maximum atomic E-state index is 12.6. The van der Waals surface area contributed by atoms with Crippen LogP contribution in [-0.4, -0.2) is 80.1 Å². The third kappa shape index (κ3) is 7.04. The number of sulfonamides is 1. The normalized spacial score (nSPS) is 17.8. The van der Waals surface area contributed by atoms with Gasteiger partial charge >= 0.3 is 5.97 Å². The molecule has 0 aliphatic carbocycles. The van der Waals surface area contributed by atoms with Gasteiger partial charge in [0.2, 0.25) is 15.9 Å². The molecule has 0 spiro atoms. The maximum Gasteiger partial charge on any atom is 0.306 e. The van der Waals surface area contributed by atoms with Gasteiger partial charge in [0.1, 0.15) is 0 Å². The summed E-state index contributed by atoms with van der Waals surface area (Å²) in [5.74, 6) is -1.22. The lowest BCUT2D eigenvalue weighted by atomic mass is 9.97. The monoisotopic (exact) mass is 597 g/mol. The lowest BCUT2D eigenvalue weighted by molar-refractivity contribution is -0.142. The summed E-state index contributed by atoms with van der Waals surface area (Å²) in [5, 5.41) is 9.97. The Bertz CT molecular complexity index is 1340. The zero-order valence-corrected chi connectivity index (χ0v) is 24.0. The van der Waals surface area contributed by atoms with E-state index in [-0.39, 0.29) is 24.9 Å². The van der Waals surface area contributed by atoms with Gasteiger partial charge in [0.15, 0.2) is 0 Å². The van der Waals surface area contributed by atoms with Crippen LogP contribution in [0.15, 0.2) is 52.3 Å². The highest BCUT2D eigenvalue weighted by Crippen LogP contribution is 2.40. The molecule has 2 fully saturated rings. The number of carbonyl (C=O) groups is 2. The lowest BCUT2D eigenvalue weighted by Gasteiger charge is -2.32. The SMILES string of the molecule is CS(=O)(=O)N1CCN(C(=O)/C=C/c2ccc(Sc3cccc(N4CCC(C(=O)O)CC4)c3)c(Cl)c2Cl)CC1. The lowest BCUT2D eigenvalue weighted by Crippen LogP contribution is -2.49. The summed E-state index contributed by atoms with van der Waals surface area (Å²) < 4.78 is 24.7. The standard InChI is InChI=1S/C26H29Cl2N3O5S2/c1-38(35,36)31-15-13-30(14-16-31)23(32)8-6-18-5-7-22(25(28)24(18)27)37-21-4-2-3-20(17-21)29-11-9-19(10-12-29)26(33)34/h2-8,17,19H,9-16H2,1H3,(H,33,34)/b8-6+. The van der Waals surface area contributed by atoms with Crippen LogP contribution in [0.3, 0.4) is 0 Å². The molecule has 4 rings (SSSR count). The van der Waals surface area contributed by atoms with Crippen LogP contribution in [0.4, 0.5) is 5.69 Å². The zero-order valence-electron chi connectivity index (χ0n) is 20.8. The molecule has 2 aliphatic rings. The van der Waals surface area contributed by atoms with Gasteiger partial charge in [-0.2, -0.15) is 4.31 Å². The van der Waals surface area contributed by atoms with E-state index in [0.717, 1.165) is 15.5 Å². The number of halogens is 2. The van der Waals surface area contributed by atoms with Crippen LogP contribution in [-0.2, 0) is 19.6 Å². The Morgan fingerprint density at radius 3 is 2.32 bits per heavy atom. The van der Waals surface area contributed by atoms with Crippen LogP contribution < -0.4 is 4.90 Å². The predicted molar refractivity (Wildman–Crippen MR) is 152 cm³/mol. The number of anilines is 1. The van der Waals surface area contributed by atoms with Crippen LogP contribution >= 0.6 is 35.0 Å². The van der Waals surface area contributed by atoms with Crippen LogP contribution in [0.5, 0.6) is 0 Å². The summed E-state index contributed by atoms with van der Waals surface area (Å²) in [4.78, 5) is 29.4. The third-order valence-corrected chi connectivity index (χ3v) is 10.1. The average Bonchev–Trinajstić information content (AvgIpc) is 2.90. The molecular weight excluding hydrogens is 569 g/mol. The summed E-state index contributed by atoms with van der Waals surface area (Å²) in [6, 6.07) is 11.7. The molecule has 1 N–H and O–H groups in total. The highest BCUT2D eigenvalue weighted by atomic mass is 35.5. The second kappa shape index (κ2) is 12.3. The summed E-state index contributed by atoms with van der Waals surface area (Å²) in [6.07, 6.45) is 5.47. The molecule has 0 atom stereocenters. The molecule has 0 radical (unpaired) electrons. The van der Waals surface area contributed by atoms with E-state index in [9.17, 15) is 23.1 Å². The number of hydrogen-bond donors (Lipinski definition) is 1. The van der Waals surface area contributed by atoms with E-state index in [2.05, 4.69) is 11.0 Å². The summed E-state index contributed by atoms with van der Waals surface area (Å²) in [5.41, 5.74) is 1.65. The Labute approximate surface area is 237 Å². The van der Waals surface area contributed by atoms with E-state index < -0.39 is 16.0 Å². The van der Waals surface area contributed by atoms with E-state index in [4.69, 9.17) is 23.2 Å². The van der Waals surface area contributed by atoms with Crippen molar-refractivity contribution in [3.63, 3.8) is 0 Å². The summed E-state index contributed by atoms with van der Waals surface area (Å²) >= 11 is 14.6. The van der Waals surface area contributed by atoms with Crippen molar-refractivity contribution < 1.29 is 23.1 Å². The van der Waals surface area contributed by atoms with Crippen molar-refractivity contribution in [1.29, 1.82) is 0 Å². The van der Waals surface area contributed by atoms with Gasteiger partial charge in [-0.1, -0.05) is 47.1 Å². The van der Waals surface area contributed by atoms with Crippen molar-refractivity contribution >= 4 is 68.6 Å². The van der Waals surface area contributed by atoms with Crippen molar-refractivity contribution in [3.05, 3.63) is 58.1 Å². The number of carboxylic acid groups (broad SMARTS) is 1. The minimum absolute atomic E-state index is 0.215. The molecule has 0 unspecified atom stereocenters. The molecule has 12 heteroatoms. The fourth-order valence-electron chi connectivity index (χ4n) is 4.52. The van der Waals surface area contributed by atoms with Crippen LogP contribution in [0.25, 0.3) is 6.08 Å². The second-order valence-corrected chi connectivity index (χ2v) is 13.2. The topological polar surface area (TPSA) is 98.2 Å². The zero-order chi connectivity index (χ0) is 27.4. The van der Waals surface area contributed by atoms with Gasteiger partial charge in [0.05, 0.1) is 22.2 Å². The Morgan fingerprint density at radius 1 is 1.00 bits per heavy atom. The van der Waals surface area contributed by atoms with Crippen molar-refractivity contribution in [2.45, 2.75) is 22.6 Å². The molecule has 2 saturated heterocycles. The van der Waals surface area contributed by atoms with Gasteiger partial charge < -0.3 is 14.9 Å². The molecule has 8 nitrogen and oxygen atoms in total. The molecule has 38 heavy (non-hydrogen) atoms. The first-order valence-corrected chi connectivity index (χ1v) is 15.6. The number of amides is 1. The quantitative estimate of drug-likeness (QED) is 0.467. The van der Waals surface area contributed by atoms with Gasteiger partial charge in [0, 0.05) is 60.8 Å². The van der Waals surface area contributed by atoms with Gasteiger partial charge in [-0.05, 0) is 48.7 Å². The third-order valence-electron chi connectivity index (χ3n) is 6.76. The van der Waals surface area contributed by atoms with E-state index in [0.29, 0.717) is 54.6 Å². The van der Waals surface area contributed by atoms with Crippen molar-refractivity contribution in [1.82, 2.24) is 9.21 Å². The first-order valence-electron chi connectivity index (χ1n) is 12.2. The fourth-order valence-corrected chi connectivity index (χ4v) is 6.82. The highest BCUT2D eigenvalue weighted by molar-refractivity contribution is 7.99. The number of hydrogen-bond acceptors (Lipinski definition) is 6. The number of carbonyl (C=O) groups excluding carboxylic acids is 1. The Kier molecular flexibility index (Phi) is 9.31. The number of piperazine rings is 1. The minimum Gasteiger partial charge on any atom is -0.481 e. The second-order valence-electron chi connectivity index (χ2n) is 9.30. The number of rotatable bonds is 7. The molecule has 0 bridgehead atoms. The van der Waals surface area contributed by atoms with E-state index >= 15 is 0 Å². The summed E-state index contributed by atoms with van der Waals surface area (Å²) in [7, 11) is -3.26. The molecule has 2 aromatic rings. The molecule has 2 heterocycles.